The van der Waals surface area contributed by atoms with Gasteiger partial charge in [0.25, 0.3) is 5.91 Å². The van der Waals surface area contributed by atoms with Crippen LogP contribution in [0.2, 0.25) is 0 Å². The summed E-state index contributed by atoms with van der Waals surface area (Å²) in [5.74, 6) is 0.712. The Morgan fingerprint density at radius 1 is 1.53 bits per heavy atom. The molecule has 2 rings (SSSR count). The van der Waals surface area contributed by atoms with Crippen molar-refractivity contribution in [3.63, 3.8) is 0 Å². The Hall–Kier alpha value is -1.56. The van der Waals surface area contributed by atoms with Crippen LogP contribution in [-0.4, -0.2) is 27.6 Å². The molecule has 0 aliphatic heterocycles. The first-order valence-electron chi connectivity index (χ1n) is 6.04. The van der Waals surface area contributed by atoms with Gasteiger partial charge < -0.3 is 14.0 Å². The molecule has 19 heavy (non-hydrogen) atoms. The van der Waals surface area contributed by atoms with Crippen LogP contribution in [0.5, 0.6) is 0 Å². The molecule has 0 aliphatic carbocycles. The van der Waals surface area contributed by atoms with Gasteiger partial charge in [-0.15, -0.1) is 0 Å². The Bertz CT molecular complexity index is 588. The number of aryl methyl sites for hydroxylation is 2. The molecule has 6 heteroatoms. The fourth-order valence-corrected chi connectivity index (χ4v) is 2.38. The van der Waals surface area contributed by atoms with Crippen molar-refractivity contribution in [2.24, 2.45) is 0 Å². The quantitative estimate of drug-likeness (QED) is 0.868. The maximum Gasteiger partial charge on any atom is 0.270 e. The summed E-state index contributed by atoms with van der Waals surface area (Å²) in [4.78, 5) is 14.0. The van der Waals surface area contributed by atoms with Gasteiger partial charge in [0.05, 0.1) is 6.54 Å². The summed E-state index contributed by atoms with van der Waals surface area (Å²) in [6.45, 7) is 5.02. The zero-order chi connectivity index (χ0) is 14.0. The molecule has 1 amide bonds. The third kappa shape index (κ3) is 3.07. The highest BCUT2D eigenvalue weighted by atomic mass is 79.9. The zero-order valence-corrected chi connectivity index (χ0v) is 12.8. The van der Waals surface area contributed by atoms with Crippen LogP contribution in [0.4, 0.5) is 0 Å². The van der Waals surface area contributed by atoms with Gasteiger partial charge in [0.1, 0.15) is 17.1 Å². The Labute approximate surface area is 120 Å². The van der Waals surface area contributed by atoms with Crippen LogP contribution in [0.1, 0.15) is 28.9 Å². The summed E-state index contributed by atoms with van der Waals surface area (Å²) >= 11 is 3.39. The average molecular weight is 326 g/mol. The van der Waals surface area contributed by atoms with Gasteiger partial charge in [-0.1, -0.05) is 5.16 Å². The summed E-state index contributed by atoms with van der Waals surface area (Å²) in [5.41, 5.74) is 1.42. The van der Waals surface area contributed by atoms with E-state index in [0.29, 0.717) is 12.2 Å². The second-order valence-corrected chi connectivity index (χ2v) is 5.34. The summed E-state index contributed by atoms with van der Waals surface area (Å²) in [6.07, 6.45) is 1.90. The van der Waals surface area contributed by atoms with Gasteiger partial charge in [-0.2, -0.15) is 0 Å². The van der Waals surface area contributed by atoms with E-state index in [-0.39, 0.29) is 5.91 Å². The topological polar surface area (TPSA) is 51.3 Å². The van der Waals surface area contributed by atoms with Gasteiger partial charge in [0.2, 0.25) is 0 Å². The molecule has 0 N–H and O–H groups in total. The molecular formula is C13H16BrN3O2. The van der Waals surface area contributed by atoms with Crippen molar-refractivity contribution in [2.75, 3.05) is 7.05 Å². The lowest BCUT2D eigenvalue weighted by atomic mass is 10.3. The molecule has 2 aromatic heterocycles. The molecule has 0 unspecified atom stereocenters. The van der Waals surface area contributed by atoms with Crippen molar-refractivity contribution in [2.45, 2.75) is 26.9 Å². The van der Waals surface area contributed by atoms with Crippen molar-refractivity contribution in [1.29, 1.82) is 0 Å². The van der Waals surface area contributed by atoms with Crippen LogP contribution >= 0.6 is 15.9 Å². The molecule has 0 radical (unpaired) electrons. The van der Waals surface area contributed by atoms with E-state index in [2.05, 4.69) is 21.1 Å². The number of hydrogen-bond donors (Lipinski definition) is 0. The largest absolute Gasteiger partial charge is 0.361 e. The van der Waals surface area contributed by atoms with E-state index in [9.17, 15) is 4.79 Å². The molecule has 5 nitrogen and oxygen atoms in total. The predicted molar refractivity (Wildman–Crippen MR) is 74.8 cm³/mol. The van der Waals surface area contributed by atoms with Crippen LogP contribution in [0, 0.1) is 6.92 Å². The Morgan fingerprint density at radius 3 is 2.84 bits per heavy atom. The number of carbonyl (C=O) groups excluding carboxylic acids is 1. The SMILES string of the molecule is CCn1cc(Br)cc1C(=O)N(C)Cc1cc(C)on1. The molecule has 0 saturated carbocycles. The van der Waals surface area contributed by atoms with Crippen LogP contribution in [0.3, 0.4) is 0 Å². The van der Waals surface area contributed by atoms with Crippen molar-refractivity contribution in [1.82, 2.24) is 14.6 Å². The third-order valence-corrected chi connectivity index (χ3v) is 3.28. The summed E-state index contributed by atoms with van der Waals surface area (Å²) in [7, 11) is 1.76. The minimum absolute atomic E-state index is 0.0341. The highest BCUT2D eigenvalue weighted by Crippen LogP contribution is 2.17. The Balaban J connectivity index is 2.14. The number of carbonyl (C=O) groups is 1. The Morgan fingerprint density at radius 2 is 2.26 bits per heavy atom. The number of aromatic nitrogens is 2. The first-order chi connectivity index (χ1) is 9.01. The highest BCUT2D eigenvalue weighted by Gasteiger charge is 2.17. The van der Waals surface area contributed by atoms with Crippen molar-refractivity contribution >= 4 is 21.8 Å². The van der Waals surface area contributed by atoms with Gasteiger partial charge >= 0.3 is 0 Å². The lowest BCUT2D eigenvalue weighted by Gasteiger charge is -2.16. The summed E-state index contributed by atoms with van der Waals surface area (Å²) in [5, 5.41) is 3.89. The van der Waals surface area contributed by atoms with Gasteiger partial charge in [-0.3, -0.25) is 4.79 Å². The lowest BCUT2D eigenvalue weighted by Crippen LogP contribution is -2.28. The number of nitrogens with zero attached hydrogens (tertiary/aromatic N) is 3. The van der Waals surface area contributed by atoms with Gasteiger partial charge in [-0.25, -0.2) is 0 Å². The van der Waals surface area contributed by atoms with Crippen molar-refractivity contribution in [3.05, 3.63) is 40.0 Å². The van der Waals surface area contributed by atoms with E-state index < -0.39 is 0 Å². The standard InChI is InChI=1S/C13H16BrN3O2/c1-4-17-7-10(14)6-12(17)13(18)16(3)8-11-5-9(2)19-15-11/h5-7H,4,8H2,1-3H3. The zero-order valence-electron chi connectivity index (χ0n) is 11.2. The van der Waals surface area contributed by atoms with Crippen molar-refractivity contribution < 1.29 is 9.32 Å². The van der Waals surface area contributed by atoms with Crippen LogP contribution in [0.15, 0.2) is 27.3 Å². The molecule has 0 atom stereocenters. The molecule has 0 spiro atoms. The van der Waals surface area contributed by atoms with Gasteiger partial charge in [0, 0.05) is 30.3 Å². The van der Waals surface area contributed by atoms with Crippen molar-refractivity contribution in [3.8, 4) is 0 Å². The summed E-state index contributed by atoms with van der Waals surface area (Å²) in [6, 6.07) is 3.66. The number of hydrogen-bond acceptors (Lipinski definition) is 3. The highest BCUT2D eigenvalue weighted by molar-refractivity contribution is 9.10. The van der Waals surface area contributed by atoms with E-state index in [4.69, 9.17) is 4.52 Å². The van der Waals surface area contributed by atoms with E-state index in [0.717, 1.165) is 22.5 Å². The fourth-order valence-electron chi connectivity index (χ4n) is 1.92. The number of rotatable bonds is 4. The van der Waals surface area contributed by atoms with Gasteiger partial charge in [-0.05, 0) is 35.8 Å². The molecule has 0 aromatic carbocycles. The summed E-state index contributed by atoms with van der Waals surface area (Å²) < 4.78 is 7.82. The monoisotopic (exact) mass is 325 g/mol. The van der Waals surface area contributed by atoms with Crippen LogP contribution in [0.25, 0.3) is 0 Å². The second kappa shape index (κ2) is 5.61. The second-order valence-electron chi connectivity index (χ2n) is 4.42. The third-order valence-electron chi connectivity index (χ3n) is 2.85. The van der Waals surface area contributed by atoms with Gasteiger partial charge in [0.15, 0.2) is 0 Å². The maximum absolute atomic E-state index is 12.4. The number of amides is 1. The van der Waals surface area contributed by atoms with E-state index in [1.54, 1.807) is 11.9 Å². The predicted octanol–water partition coefficient (Wildman–Crippen LogP) is 2.84. The minimum atomic E-state index is -0.0341. The molecule has 0 bridgehead atoms. The van der Waals surface area contributed by atoms with E-state index >= 15 is 0 Å². The molecule has 2 heterocycles. The number of halogens is 1. The lowest BCUT2D eigenvalue weighted by molar-refractivity contribution is 0.0771. The molecule has 2 aromatic rings. The first kappa shape index (κ1) is 13.9. The fraction of sp³-hybridized carbons (Fsp3) is 0.385. The average Bonchev–Trinajstić information content (AvgIpc) is 2.94. The minimum Gasteiger partial charge on any atom is -0.361 e. The molecular weight excluding hydrogens is 310 g/mol. The van der Waals surface area contributed by atoms with E-state index in [1.807, 2.05) is 36.7 Å². The first-order valence-corrected chi connectivity index (χ1v) is 6.84. The van der Waals surface area contributed by atoms with Crippen LogP contribution < -0.4 is 0 Å². The van der Waals surface area contributed by atoms with E-state index in [1.165, 1.54) is 0 Å². The molecule has 0 fully saturated rings. The normalized spacial score (nSPS) is 10.7. The Kier molecular flexibility index (Phi) is 4.09. The molecule has 0 aliphatic rings. The molecule has 0 saturated heterocycles. The smallest absolute Gasteiger partial charge is 0.270 e. The maximum atomic E-state index is 12.4. The molecule has 102 valence electrons. The van der Waals surface area contributed by atoms with Crippen LogP contribution in [-0.2, 0) is 13.1 Å².